The molecule has 6 heteroatoms. The van der Waals surface area contributed by atoms with Gasteiger partial charge in [0.2, 0.25) is 0 Å². The molecule has 2 aromatic rings. The van der Waals surface area contributed by atoms with Gasteiger partial charge in [-0.1, -0.05) is 24.3 Å². The van der Waals surface area contributed by atoms with Crippen molar-refractivity contribution in [3.8, 4) is 17.6 Å². The van der Waals surface area contributed by atoms with Crippen molar-refractivity contribution >= 4 is 11.6 Å². The van der Waals surface area contributed by atoms with Crippen molar-refractivity contribution in [3.05, 3.63) is 65.9 Å². The molecule has 0 heterocycles. The third kappa shape index (κ3) is 4.78. The maximum absolute atomic E-state index is 12.0. The number of nitrogens with zero attached hydrogens (tertiary/aromatic N) is 1. The number of amides is 1. The summed E-state index contributed by atoms with van der Waals surface area (Å²) in [5.74, 6) is -0.286. The highest BCUT2D eigenvalue weighted by molar-refractivity contribution is 5.97. The number of rotatable bonds is 6. The van der Waals surface area contributed by atoms with Crippen LogP contribution in [0.15, 0.2) is 60.3 Å². The minimum absolute atomic E-state index is 0.0266. The molecule has 0 atom stereocenters. The molecular formula is C18H17N3O3. The first kappa shape index (κ1) is 16.9. The number of hydrogen-bond donors (Lipinski definition) is 4. The Morgan fingerprint density at radius 3 is 2.50 bits per heavy atom. The van der Waals surface area contributed by atoms with Gasteiger partial charge < -0.3 is 20.8 Å². The van der Waals surface area contributed by atoms with Crippen molar-refractivity contribution in [1.29, 1.82) is 5.26 Å². The highest BCUT2D eigenvalue weighted by Gasteiger charge is 2.08. The van der Waals surface area contributed by atoms with E-state index in [2.05, 4.69) is 10.6 Å². The van der Waals surface area contributed by atoms with Crippen LogP contribution in [-0.2, 0) is 11.2 Å². The van der Waals surface area contributed by atoms with Crippen molar-refractivity contribution in [1.82, 2.24) is 5.32 Å². The van der Waals surface area contributed by atoms with Crippen LogP contribution in [0.5, 0.6) is 11.5 Å². The third-order valence-electron chi connectivity index (χ3n) is 3.28. The van der Waals surface area contributed by atoms with Crippen LogP contribution in [0.3, 0.4) is 0 Å². The van der Waals surface area contributed by atoms with Crippen LogP contribution in [0.4, 0.5) is 5.69 Å². The summed E-state index contributed by atoms with van der Waals surface area (Å²) in [6, 6.07) is 15.0. The van der Waals surface area contributed by atoms with Crippen LogP contribution in [0.25, 0.3) is 0 Å². The molecule has 0 saturated heterocycles. The van der Waals surface area contributed by atoms with Gasteiger partial charge in [0.1, 0.15) is 23.1 Å². The number of anilines is 1. The second-order valence-electron chi connectivity index (χ2n) is 5.00. The average Bonchev–Trinajstić information content (AvgIpc) is 2.59. The van der Waals surface area contributed by atoms with E-state index in [1.807, 2.05) is 6.07 Å². The number of benzene rings is 2. The van der Waals surface area contributed by atoms with E-state index >= 15 is 0 Å². The van der Waals surface area contributed by atoms with Crippen molar-refractivity contribution in [2.24, 2.45) is 0 Å². The summed E-state index contributed by atoms with van der Waals surface area (Å²) in [4.78, 5) is 12.0. The molecule has 0 unspecified atom stereocenters. The van der Waals surface area contributed by atoms with E-state index in [1.165, 1.54) is 12.3 Å². The van der Waals surface area contributed by atoms with Crippen molar-refractivity contribution in [2.45, 2.75) is 6.42 Å². The zero-order valence-corrected chi connectivity index (χ0v) is 12.9. The van der Waals surface area contributed by atoms with Crippen molar-refractivity contribution < 1.29 is 15.0 Å². The quantitative estimate of drug-likeness (QED) is 0.371. The number of aromatic hydroxyl groups is 2. The highest BCUT2D eigenvalue weighted by Crippen LogP contribution is 2.21. The molecule has 6 nitrogen and oxygen atoms in total. The lowest BCUT2D eigenvalue weighted by Crippen LogP contribution is -2.27. The highest BCUT2D eigenvalue weighted by atomic mass is 16.3. The van der Waals surface area contributed by atoms with Gasteiger partial charge in [0.15, 0.2) is 0 Å². The van der Waals surface area contributed by atoms with E-state index in [0.29, 0.717) is 18.7 Å². The average molecular weight is 323 g/mol. The first-order valence-corrected chi connectivity index (χ1v) is 7.31. The molecule has 0 spiro atoms. The molecule has 24 heavy (non-hydrogen) atoms. The van der Waals surface area contributed by atoms with Crippen LogP contribution >= 0.6 is 0 Å². The molecule has 0 bridgehead atoms. The fourth-order valence-electron chi connectivity index (χ4n) is 1.97. The Hall–Kier alpha value is -3.46. The van der Waals surface area contributed by atoms with E-state index in [0.717, 1.165) is 5.56 Å². The first-order chi connectivity index (χ1) is 11.6. The Morgan fingerprint density at radius 2 is 1.83 bits per heavy atom. The van der Waals surface area contributed by atoms with Gasteiger partial charge in [-0.15, -0.1) is 0 Å². The maximum Gasteiger partial charge on any atom is 0.263 e. The Morgan fingerprint density at radius 1 is 1.12 bits per heavy atom. The second-order valence-corrected chi connectivity index (χ2v) is 5.00. The third-order valence-corrected chi connectivity index (χ3v) is 3.28. The number of phenols is 2. The molecule has 4 N–H and O–H groups in total. The SMILES string of the molecule is N#C/C(=C/Nc1ccccc1O)C(=O)NCCc1ccc(O)cc1. The van der Waals surface area contributed by atoms with Crippen LogP contribution in [-0.4, -0.2) is 22.7 Å². The van der Waals surface area contributed by atoms with E-state index in [-0.39, 0.29) is 17.1 Å². The number of carbonyl (C=O) groups excluding carboxylic acids is 1. The minimum Gasteiger partial charge on any atom is -0.508 e. The molecular weight excluding hydrogens is 306 g/mol. The fraction of sp³-hybridized carbons (Fsp3) is 0.111. The zero-order chi connectivity index (χ0) is 17.4. The van der Waals surface area contributed by atoms with Gasteiger partial charge in [0.25, 0.3) is 5.91 Å². The molecule has 122 valence electrons. The van der Waals surface area contributed by atoms with Gasteiger partial charge in [0, 0.05) is 12.7 Å². The summed E-state index contributed by atoms with van der Waals surface area (Å²) in [7, 11) is 0. The maximum atomic E-state index is 12.0. The topological polar surface area (TPSA) is 105 Å². The molecule has 0 aliphatic carbocycles. The van der Waals surface area contributed by atoms with E-state index in [9.17, 15) is 15.0 Å². The number of nitriles is 1. The summed E-state index contributed by atoms with van der Waals surface area (Å²) in [5.41, 5.74) is 1.27. The number of carbonyl (C=O) groups is 1. The molecule has 0 fully saturated rings. The summed E-state index contributed by atoms with van der Waals surface area (Å²) in [6.07, 6.45) is 1.84. The number of phenolic OH excluding ortho intramolecular Hbond substituents is 2. The molecule has 0 radical (unpaired) electrons. The minimum atomic E-state index is -0.501. The number of para-hydroxylation sites is 2. The summed E-state index contributed by atoms with van der Waals surface area (Å²) < 4.78 is 0. The lowest BCUT2D eigenvalue weighted by atomic mass is 10.1. The Labute approximate surface area is 139 Å². The Kier molecular flexibility index (Phi) is 5.81. The fourth-order valence-corrected chi connectivity index (χ4v) is 1.97. The summed E-state index contributed by atoms with van der Waals surface area (Å²) >= 11 is 0. The molecule has 0 aromatic heterocycles. The number of hydrogen-bond acceptors (Lipinski definition) is 5. The molecule has 2 aromatic carbocycles. The zero-order valence-electron chi connectivity index (χ0n) is 12.9. The lowest BCUT2D eigenvalue weighted by Gasteiger charge is -2.06. The van der Waals surface area contributed by atoms with Crippen LogP contribution in [0.2, 0.25) is 0 Å². The van der Waals surface area contributed by atoms with E-state index < -0.39 is 5.91 Å². The second kappa shape index (κ2) is 8.25. The molecule has 0 aliphatic rings. The van der Waals surface area contributed by atoms with Crippen LogP contribution in [0.1, 0.15) is 5.56 Å². The molecule has 2 rings (SSSR count). The monoisotopic (exact) mass is 323 g/mol. The van der Waals surface area contributed by atoms with Gasteiger partial charge in [-0.25, -0.2) is 0 Å². The smallest absolute Gasteiger partial charge is 0.263 e. The van der Waals surface area contributed by atoms with E-state index in [1.54, 1.807) is 42.5 Å². The van der Waals surface area contributed by atoms with Gasteiger partial charge in [0.05, 0.1) is 5.69 Å². The van der Waals surface area contributed by atoms with Gasteiger partial charge in [-0.2, -0.15) is 5.26 Å². The van der Waals surface area contributed by atoms with Gasteiger partial charge in [-0.3, -0.25) is 4.79 Å². The predicted octanol–water partition coefficient (Wildman–Crippen LogP) is 2.28. The van der Waals surface area contributed by atoms with Crippen molar-refractivity contribution in [3.63, 3.8) is 0 Å². The van der Waals surface area contributed by atoms with E-state index in [4.69, 9.17) is 5.26 Å². The largest absolute Gasteiger partial charge is 0.508 e. The number of nitrogens with one attached hydrogen (secondary N) is 2. The Balaban J connectivity index is 1.89. The van der Waals surface area contributed by atoms with Gasteiger partial charge >= 0.3 is 0 Å². The molecule has 0 saturated carbocycles. The van der Waals surface area contributed by atoms with Gasteiger partial charge in [-0.05, 0) is 36.2 Å². The normalized spacial score (nSPS) is 10.7. The summed E-state index contributed by atoms with van der Waals surface area (Å²) in [5, 5.41) is 33.3. The summed E-state index contributed by atoms with van der Waals surface area (Å²) in [6.45, 7) is 0.360. The van der Waals surface area contributed by atoms with Crippen LogP contribution in [0, 0.1) is 11.3 Å². The van der Waals surface area contributed by atoms with Crippen LogP contribution < -0.4 is 10.6 Å². The molecule has 0 aliphatic heterocycles. The first-order valence-electron chi connectivity index (χ1n) is 7.31. The van der Waals surface area contributed by atoms with Crippen molar-refractivity contribution in [2.75, 3.05) is 11.9 Å². The standard InChI is InChI=1S/C18H17N3O3/c19-11-14(12-21-16-3-1-2-4-17(16)23)18(24)20-10-9-13-5-7-15(22)8-6-13/h1-8,12,21-23H,9-10H2,(H,20,24)/b14-12-. The Bertz CT molecular complexity index is 777. The lowest BCUT2D eigenvalue weighted by molar-refractivity contribution is -0.117. The molecule has 1 amide bonds. The predicted molar refractivity (Wildman–Crippen MR) is 90.2 cm³/mol.